The van der Waals surface area contributed by atoms with Crippen LogP contribution in [0.2, 0.25) is 0 Å². The van der Waals surface area contributed by atoms with Gasteiger partial charge in [-0.05, 0) is 36.6 Å². The van der Waals surface area contributed by atoms with E-state index in [9.17, 15) is 27.2 Å². The highest BCUT2D eigenvalue weighted by Crippen LogP contribution is 2.31. The lowest BCUT2D eigenvalue weighted by Crippen LogP contribution is -2.44. The molecule has 2 aromatic carbocycles. The average molecular weight is 408 g/mol. The summed E-state index contributed by atoms with van der Waals surface area (Å²) >= 11 is 0. The van der Waals surface area contributed by atoms with Gasteiger partial charge in [0.05, 0.1) is 5.56 Å². The van der Waals surface area contributed by atoms with Crippen LogP contribution >= 0.6 is 0 Å². The van der Waals surface area contributed by atoms with Crippen molar-refractivity contribution in [1.29, 1.82) is 0 Å². The number of amides is 1. The normalized spacial score (nSPS) is 15.4. The van der Waals surface area contributed by atoms with Gasteiger partial charge in [0.15, 0.2) is 0 Å². The molecule has 29 heavy (non-hydrogen) atoms. The van der Waals surface area contributed by atoms with Gasteiger partial charge in [0, 0.05) is 36.8 Å². The molecule has 154 valence electrons. The van der Waals surface area contributed by atoms with Crippen LogP contribution in [0, 0.1) is 5.82 Å². The van der Waals surface area contributed by atoms with Crippen molar-refractivity contribution in [3.05, 3.63) is 70.5 Å². The number of benzene rings is 2. The summed E-state index contributed by atoms with van der Waals surface area (Å²) in [5.41, 5.74) is 0.185. The van der Waals surface area contributed by atoms with Gasteiger partial charge in [0.2, 0.25) is 0 Å². The second-order valence-electron chi connectivity index (χ2n) is 7.00. The third kappa shape index (κ3) is 5.20. The minimum absolute atomic E-state index is 0.0859. The summed E-state index contributed by atoms with van der Waals surface area (Å²) in [4.78, 5) is 24.7. The fourth-order valence-electron chi connectivity index (χ4n) is 3.32. The molecular weight excluding hydrogens is 388 g/mol. The van der Waals surface area contributed by atoms with Gasteiger partial charge in [0.1, 0.15) is 12.1 Å². The minimum Gasteiger partial charge on any atom is -0.339 e. The van der Waals surface area contributed by atoms with Crippen LogP contribution in [0.5, 0.6) is 0 Å². The van der Waals surface area contributed by atoms with E-state index in [2.05, 4.69) is 5.32 Å². The van der Waals surface area contributed by atoms with E-state index >= 15 is 0 Å². The lowest BCUT2D eigenvalue weighted by Gasteiger charge is -2.32. The molecule has 1 amide bonds. The van der Waals surface area contributed by atoms with Crippen LogP contribution in [0.15, 0.2) is 42.5 Å². The lowest BCUT2D eigenvalue weighted by molar-refractivity contribution is -0.140. The first-order chi connectivity index (χ1) is 13.8. The molecule has 4 nitrogen and oxygen atoms in total. The maximum absolute atomic E-state index is 13.7. The van der Waals surface area contributed by atoms with Crippen LogP contribution < -0.4 is 5.32 Å². The van der Waals surface area contributed by atoms with Crippen LogP contribution in [0.1, 0.15) is 44.7 Å². The van der Waals surface area contributed by atoms with Gasteiger partial charge in [-0.2, -0.15) is 13.2 Å². The number of halogens is 4. The Morgan fingerprint density at radius 1 is 1.10 bits per heavy atom. The Bertz CT molecular complexity index is 873. The number of alkyl halides is 3. The number of rotatable bonds is 5. The summed E-state index contributed by atoms with van der Waals surface area (Å²) in [6, 6.07) is 9.69. The van der Waals surface area contributed by atoms with Crippen molar-refractivity contribution in [1.82, 2.24) is 10.2 Å². The van der Waals surface area contributed by atoms with Crippen LogP contribution in [0.4, 0.5) is 17.6 Å². The number of piperidine rings is 1. The van der Waals surface area contributed by atoms with E-state index in [1.165, 1.54) is 4.90 Å². The van der Waals surface area contributed by atoms with E-state index in [1.54, 1.807) is 12.1 Å². The zero-order valence-corrected chi connectivity index (χ0v) is 15.5. The van der Waals surface area contributed by atoms with Gasteiger partial charge < -0.3 is 10.2 Å². The predicted octanol–water partition coefficient (Wildman–Crippen LogP) is 4.05. The Labute approximate surface area is 165 Å². The summed E-state index contributed by atoms with van der Waals surface area (Å²) in [7, 11) is 0. The number of likely N-dealkylation sites (tertiary alicyclic amines) is 1. The van der Waals surface area contributed by atoms with Crippen molar-refractivity contribution < 1.29 is 27.2 Å². The highest BCUT2D eigenvalue weighted by atomic mass is 19.4. The molecular formula is C21H20F4N2O2. The highest BCUT2D eigenvalue weighted by molar-refractivity contribution is 5.94. The molecule has 0 aromatic heterocycles. The summed E-state index contributed by atoms with van der Waals surface area (Å²) < 4.78 is 51.7. The fourth-order valence-corrected chi connectivity index (χ4v) is 3.32. The van der Waals surface area contributed by atoms with E-state index in [-0.39, 0.29) is 11.6 Å². The molecule has 2 aromatic rings. The van der Waals surface area contributed by atoms with Crippen LogP contribution in [0.3, 0.4) is 0 Å². The molecule has 8 heteroatoms. The number of hydrogen-bond acceptors (Lipinski definition) is 3. The summed E-state index contributed by atoms with van der Waals surface area (Å²) in [6.45, 7) is 1.49. The van der Waals surface area contributed by atoms with E-state index < -0.39 is 23.5 Å². The van der Waals surface area contributed by atoms with Crippen LogP contribution in [-0.2, 0) is 12.7 Å². The third-order valence-corrected chi connectivity index (χ3v) is 5.01. The summed E-state index contributed by atoms with van der Waals surface area (Å²) in [5.74, 6) is -1.92. The zero-order valence-electron chi connectivity index (χ0n) is 15.5. The second kappa shape index (κ2) is 8.73. The van der Waals surface area contributed by atoms with E-state index in [0.717, 1.165) is 17.9 Å². The molecule has 1 heterocycles. The second-order valence-corrected chi connectivity index (χ2v) is 7.00. The zero-order chi connectivity index (χ0) is 21.0. The van der Waals surface area contributed by atoms with Gasteiger partial charge in [-0.1, -0.05) is 24.3 Å². The number of hydrogen-bond donors (Lipinski definition) is 1. The average Bonchev–Trinajstić information content (AvgIpc) is 2.71. The van der Waals surface area contributed by atoms with Crippen molar-refractivity contribution in [2.75, 3.05) is 13.1 Å². The van der Waals surface area contributed by atoms with E-state index in [4.69, 9.17) is 0 Å². The predicted molar refractivity (Wildman–Crippen MR) is 99.0 cm³/mol. The number of aldehydes is 1. The van der Waals surface area contributed by atoms with Crippen molar-refractivity contribution in [2.24, 2.45) is 0 Å². The summed E-state index contributed by atoms with van der Waals surface area (Å²) in [6.07, 6.45) is -2.64. The van der Waals surface area contributed by atoms with Crippen molar-refractivity contribution in [3.63, 3.8) is 0 Å². The molecule has 1 aliphatic rings. The molecule has 3 rings (SSSR count). The quantitative estimate of drug-likeness (QED) is 0.600. The molecule has 0 spiro atoms. The lowest BCUT2D eigenvalue weighted by atomic mass is 10.0. The van der Waals surface area contributed by atoms with Crippen molar-refractivity contribution >= 4 is 12.2 Å². The SMILES string of the molecule is O=Cc1ccc(CNC2CCN(C(=O)c3ccc(C(F)(F)F)c(F)c3)CC2)cc1. The Balaban J connectivity index is 1.52. The first-order valence-corrected chi connectivity index (χ1v) is 9.21. The standard InChI is InChI=1S/C21H20F4N2O2/c22-19-11-16(5-6-18(19)21(23,24)25)20(29)27-9-7-17(8-10-27)26-12-14-1-3-15(13-28)4-2-14/h1-6,11,13,17,26H,7-10,12H2. The van der Waals surface area contributed by atoms with Gasteiger partial charge in [-0.3, -0.25) is 9.59 Å². The number of carbonyl (C=O) groups excluding carboxylic acids is 2. The largest absolute Gasteiger partial charge is 0.419 e. The number of nitrogens with one attached hydrogen (secondary N) is 1. The highest BCUT2D eigenvalue weighted by Gasteiger charge is 2.34. The fraction of sp³-hybridized carbons (Fsp3) is 0.333. The monoisotopic (exact) mass is 408 g/mol. The minimum atomic E-state index is -4.79. The van der Waals surface area contributed by atoms with Gasteiger partial charge in [-0.15, -0.1) is 0 Å². The Kier molecular flexibility index (Phi) is 6.32. The Morgan fingerprint density at radius 2 is 1.76 bits per heavy atom. The van der Waals surface area contributed by atoms with Crippen LogP contribution in [-0.4, -0.2) is 36.2 Å². The van der Waals surface area contributed by atoms with Crippen molar-refractivity contribution in [2.45, 2.75) is 31.6 Å². The molecule has 0 bridgehead atoms. The topological polar surface area (TPSA) is 49.4 Å². The van der Waals surface area contributed by atoms with E-state index in [1.807, 2.05) is 12.1 Å². The molecule has 1 aliphatic heterocycles. The molecule has 1 N–H and O–H groups in total. The molecule has 0 aliphatic carbocycles. The summed E-state index contributed by atoms with van der Waals surface area (Å²) in [5, 5.41) is 3.40. The Morgan fingerprint density at radius 3 is 2.31 bits per heavy atom. The van der Waals surface area contributed by atoms with E-state index in [0.29, 0.717) is 50.2 Å². The van der Waals surface area contributed by atoms with Gasteiger partial charge in [-0.25, -0.2) is 4.39 Å². The number of nitrogens with zero attached hydrogens (tertiary/aromatic N) is 1. The van der Waals surface area contributed by atoms with Gasteiger partial charge in [0.25, 0.3) is 5.91 Å². The molecule has 0 atom stereocenters. The maximum atomic E-state index is 13.7. The van der Waals surface area contributed by atoms with Crippen molar-refractivity contribution in [3.8, 4) is 0 Å². The first-order valence-electron chi connectivity index (χ1n) is 9.21. The Hall–Kier alpha value is -2.74. The van der Waals surface area contributed by atoms with Crippen LogP contribution in [0.25, 0.3) is 0 Å². The van der Waals surface area contributed by atoms with Gasteiger partial charge >= 0.3 is 6.18 Å². The third-order valence-electron chi connectivity index (χ3n) is 5.01. The molecule has 1 fully saturated rings. The molecule has 1 saturated heterocycles. The molecule has 0 saturated carbocycles. The first kappa shape index (κ1) is 21.0. The molecule has 0 unspecified atom stereocenters. The molecule has 0 radical (unpaired) electrons. The number of carbonyl (C=O) groups is 2. The maximum Gasteiger partial charge on any atom is 0.419 e. The smallest absolute Gasteiger partial charge is 0.339 e.